The fourth-order valence-corrected chi connectivity index (χ4v) is 3.46. The first-order chi connectivity index (χ1) is 14.9. The molecule has 0 amide bonds. The number of nitrogens with zero attached hydrogens (tertiary/aromatic N) is 2. The molecule has 31 heavy (non-hydrogen) atoms. The van der Waals surface area contributed by atoms with Crippen LogP contribution in [0.25, 0.3) is 0 Å². The van der Waals surface area contributed by atoms with E-state index >= 15 is 0 Å². The Kier molecular flexibility index (Phi) is 7.18. The zero-order valence-corrected chi connectivity index (χ0v) is 18.7. The Morgan fingerprint density at radius 1 is 0.935 bits per heavy atom. The molecule has 3 aromatic rings. The van der Waals surface area contributed by atoms with Gasteiger partial charge in [0.05, 0.1) is 21.3 Å². The normalized spacial score (nSPS) is 10.8. The van der Waals surface area contributed by atoms with Crippen molar-refractivity contribution in [3.8, 4) is 17.2 Å². The summed E-state index contributed by atoms with van der Waals surface area (Å²) in [6.45, 7) is 4.93. The molecule has 0 aliphatic rings. The SMILES string of the molecule is COc1ccc(CNc2nc(N)ncc2Cc2cc(OC)c(OC)cc2C(C)C)cc1. The minimum absolute atomic E-state index is 0.234. The Morgan fingerprint density at radius 2 is 1.61 bits per heavy atom. The zero-order valence-electron chi connectivity index (χ0n) is 18.7. The molecule has 3 rings (SSSR count). The van der Waals surface area contributed by atoms with Gasteiger partial charge in [-0.25, -0.2) is 4.98 Å². The molecular formula is C24H30N4O3. The van der Waals surface area contributed by atoms with E-state index < -0.39 is 0 Å². The van der Waals surface area contributed by atoms with Crippen molar-refractivity contribution >= 4 is 11.8 Å². The first kappa shape index (κ1) is 22.2. The molecule has 7 heteroatoms. The molecule has 1 aromatic heterocycles. The number of hydrogen-bond acceptors (Lipinski definition) is 7. The maximum Gasteiger partial charge on any atom is 0.221 e. The highest BCUT2D eigenvalue weighted by Crippen LogP contribution is 2.35. The lowest BCUT2D eigenvalue weighted by Gasteiger charge is -2.18. The second-order valence-corrected chi connectivity index (χ2v) is 7.54. The minimum atomic E-state index is 0.234. The van der Waals surface area contributed by atoms with Gasteiger partial charge in [-0.2, -0.15) is 4.98 Å². The van der Waals surface area contributed by atoms with Gasteiger partial charge >= 0.3 is 0 Å². The smallest absolute Gasteiger partial charge is 0.221 e. The van der Waals surface area contributed by atoms with Crippen LogP contribution in [0.4, 0.5) is 11.8 Å². The van der Waals surface area contributed by atoms with Gasteiger partial charge < -0.3 is 25.3 Å². The molecule has 0 fully saturated rings. The Bertz CT molecular complexity index is 1020. The van der Waals surface area contributed by atoms with E-state index in [9.17, 15) is 0 Å². The van der Waals surface area contributed by atoms with Gasteiger partial charge in [-0.3, -0.25) is 0 Å². The predicted octanol–water partition coefficient (Wildman–Crippen LogP) is 4.41. The number of benzene rings is 2. The molecule has 0 atom stereocenters. The van der Waals surface area contributed by atoms with Crippen LogP contribution in [-0.4, -0.2) is 31.3 Å². The van der Waals surface area contributed by atoms with Crippen LogP contribution in [-0.2, 0) is 13.0 Å². The zero-order chi connectivity index (χ0) is 22.4. The summed E-state index contributed by atoms with van der Waals surface area (Å²) < 4.78 is 16.2. The molecule has 0 unspecified atom stereocenters. The number of rotatable bonds is 9. The van der Waals surface area contributed by atoms with Crippen LogP contribution >= 0.6 is 0 Å². The minimum Gasteiger partial charge on any atom is -0.497 e. The van der Waals surface area contributed by atoms with Gasteiger partial charge in [0, 0.05) is 24.7 Å². The fourth-order valence-electron chi connectivity index (χ4n) is 3.46. The number of methoxy groups -OCH3 is 3. The van der Waals surface area contributed by atoms with Crippen molar-refractivity contribution in [1.29, 1.82) is 0 Å². The van der Waals surface area contributed by atoms with Crippen LogP contribution in [0.2, 0.25) is 0 Å². The standard InChI is InChI=1S/C24H30N4O3/c1-15(2)20-12-22(31-5)21(30-4)11-17(20)10-18-14-27-24(25)28-23(18)26-13-16-6-8-19(29-3)9-7-16/h6-9,11-12,14-15H,10,13H2,1-5H3,(H3,25,26,27,28). The Morgan fingerprint density at radius 3 is 2.23 bits per heavy atom. The van der Waals surface area contributed by atoms with Gasteiger partial charge in [0.15, 0.2) is 11.5 Å². The monoisotopic (exact) mass is 422 g/mol. The van der Waals surface area contributed by atoms with Crippen molar-refractivity contribution in [2.75, 3.05) is 32.4 Å². The van der Waals surface area contributed by atoms with E-state index in [-0.39, 0.29) is 5.95 Å². The second-order valence-electron chi connectivity index (χ2n) is 7.54. The molecular weight excluding hydrogens is 392 g/mol. The van der Waals surface area contributed by atoms with Crippen molar-refractivity contribution < 1.29 is 14.2 Å². The molecule has 0 aliphatic heterocycles. The Balaban J connectivity index is 1.89. The number of hydrogen-bond donors (Lipinski definition) is 2. The lowest BCUT2D eigenvalue weighted by Crippen LogP contribution is -2.09. The van der Waals surface area contributed by atoms with Gasteiger partial charge in [-0.05, 0) is 46.9 Å². The van der Waals surface area contributed by atoms with Gasteiger partial charge in [-0.15, -0.1) is 0 Å². The summed E-state index contributed by atoms with van der Waals surface area (Å²) in [5.41, 5.74) is 10.3. The second kappa shape index (κ2) is 10.0. The third-order valence-electron chi connectivity index (χ3n) is 5.15. The van der Waals surface area contributed by atoms with Crippen LogP contribution in [0.3, 0.4) is 0 Å². The summed E-state index contributed by atoms with van der Waals surface area (Å²) in [5.74, 6) is 3.52. The molecule has 0 saturated heterocycles. The van der Waals surface area contributed by atoms with E-state index in [0.717, 1.165) is 28.2 Å². The lowest BCUT2D eigenvalue weighted by molar-refractivity contribution is 0.354. The van der Waals surface area contributed by atoms with E-state index in [1.807, 2.05) is 36.4 Å². The Hall–Kier alpha value is -3.48. The number of anilines is 2. The molecule has 3 N–H and O–H groups in total. The predicted molar refractivity (Wildman–Crippen MR) is 123 cm³/mol. The number of nitrogens with two attached hydrogens (primary N) is 1. The maximum atomic E-state index is 5.87. The van der Waals surface area contributed by atoms with Crippen molar-refractivity contribution in [2.24, 2.45) is 0 Å². The molecule has 7 nitrogen and oxygen atoms in total. The molecule has 0 bridgehead atoms. The first-order valence-corrected chi connectivity index (χ1v) is 10.2. The summed E-state index contributed by atoms with van der Waals surface area (Å²) in [4.78, 5) is 8.66. The summed E-state index contributed by atoms with van der Waals surface area (Å²) in [6.07, 6.45) is 2.42. The van der Waals surface area contributed by atoms with Crippen LogP contribution in [0.5, 0.6) is 17.2 Å². The van der Waals surface area contributed by atoms with Gasteiger partial charge in [0.25, 0.3) is 0 Å². The molecule has 0 saturated carbocycles. The van der Waals surface area contributed by atoms with E-state index in [0.29, 0.717) is 30.5 Å². The van der Waals surface area contributed by atoms with Crippen molar-refractivity contribution in [3.05, 3.63) is 64.8 Å². The fraction of sp³-hybridized carbons (Fsp3) is 0.333. The number of aromatic nitrogens is 2. The summed E-state index contributed by atoms with van der Waals surface area (Å²) in [5, 5.41) is 3.40. The average molecular weight is 423 g/mol. The van der Waals surface area contributed by atoms with E-state index in [1.165, 1.54) is 5.56 Å². The lowest BCUT2D eigenvalue weighted by atomic mass is 9.92. The highest BCUT2D eigenvalue weighted by molar-refractivity contribution is 5.53. The van der Waals surface area contributed by atoms with E-state index in [4.69, 9.17) is 19.9 Å². The summed E-state index contributed by atoms with van der Waals surface area (Å²) in [6, 6.07) is 12.0. The number of nitrogen functional groups attached to an aromatic ring is 1. The van der Waals surface area contributed by atoms with Crippen LogP contribution in [0.15, 0.2) is 42.6 Å². The van der Waals surface area contributed by atoms with E-state index in [2.05, 4.69) is 29.1 Å². The van der Waals surface area contributed by atoms with Crippen molar-refractivity contribution in [1.82, 2.24) is 9.97 Å². The van der Waals surface area contributed by atoms with Gasteiger partial charge in [0.2, 0.25) is 5.95 Å². The Labute approximate surface area is 183 Å². The van der Waals surface area contributed by atoms with Crippen LogP contribution in [0, 0.1) is 0 Å². The quantitative estimate of drug-likeness (QED) is 0.528. The average Bonchev–Trinajstić information content (AvgIpc) is 2.78. The topological polar surface area (TPSA) is 91.5 Å². The summed E-state index contributed by atoms with van der Waals surface area (Å²) >= 11 is 0. The number of ether oxygens (including phenoxy) is 3. The van der Waals surface area contributed by atoms with Crippen molar-refractivity contribution in [3.63, 3.8) is 0 Å². The number of nitrogens with one attached hydrogen (secondary N) is 1. The third-order valence-corrected chi connectivity index (χ3v) is 5.15. The highest BCUT2D eigenvalue weighted by Gasteiger charge is 2.16. The van der Waals surface area contributed by atoms with E-state index in [1.54, 1.807) is 27.5 Å². The van der Waals surface area contributed by atoms with Gasteiger partial charge in [-0.1, -0.05) is 26.0 Å². The molecule has 0 aliphatic carbocycles. The van der Waals surface area contributed by atoms with Gasteiger partial charge in [0.1, 0.15) is 11.6 Å². The first-order valence-electron chi connectivity index (χ1n) is 10.2. The van der Waals surface area contributed by atoms with Crippen LogP contribution < -0.4 is 25.3 Å². The third kappa shape index (κ3) is 5.36. The highest BCUT2D eigenvalue weighted by atomic mass is 16.5. The molecule has 2 aromatic carbocycles. The summed E-state index contributed by atoms with van der Waals surface area (Å²) in [7, 11) is 4.95. The van der Waals surface area contributed by atoms with Crippen LogP contribution in [0.1, 0.15) is 42.0 Å². The maximum absolute atomic E-state index is 5.87. The molecule has 1 heterocycles. The largest absolute Gasteiger partial charge is 0.497 e. The van der Waals surface area contributed by atoms with Crippen molar-refractivity contribution in [2.45, 2.75) is 32.7 Å². The molecule has 0 radical (unpaired) electrons. The molecule has 164 valence electrons. The molecule has 0 spiro atoms.